The summed E-state index contributed by atoms with van der Waals surface area (Å²) in [7, 11) is 0. The zero-order valence-corrected chi connectivity index (χ0v) is 13.2. The maximum atomic E-state index is 3.71. The van der Waals surface area contributed by atoms with Crippen molar-refractivity contribution in [3.05, 3.63) is 0 Å². The molecule has 0 aromatic rings. The predicted octanol–water partition coefficient (Wildman–Crippen LogP) is 3.13. The zero-order chi connectivity index (χ0) is 13.6. The van der Waals surface area contributed by atoms with Crippen molar-refractivity contribution in [1.82, 2.24) is 10.2 Å². The van der Waals surface area contributed by atoms with E-state index in [4.69, 9.17) is 0 Å². The molecule has 1 aliphatic heterocycles. The van der Waals surface area contributed by atoms with E-state index in [1.165, 1.54) is 32.5 Å². The van der Waals surface area contributed by atoms with Gasteiger partial charge in [-0.25, -0.2) is 0 Å². The molecule has 2 rings (SSSR count). The van der Waals surface area contributed by atoms with E-state index in [0.29, 0.717) is 22.9 Å². The molecular weight excluding hydrogens is 220 g/mol. The Hall–Kier alpha value is -0.0800. The number of nitrogens with zero attached hydrogens (tertiary/aromatic N) is 1. The van der Waals surface area contributed by atoms with Gasteiger partial charge in [-0.15, -0.1) is 0 Å². The molecule has 18 heavy (non-hydrogen) atoms. The monoisotopic (exact) mass is 252 g/mol. The molecular formula is C16H32N2. The van der Waals surface area contributed by atoms with Crippen molar-refractivity contribution >= 4 is 0 Å². The highest BCUT2D eigenvalue weighted by Gasteiger charge is 2.64. The van der Waals surface area contributed by atoms with Crippen molar-refractivity contribution < 1.29 is 0 Å². The van der Waals surface area contributed by atoms with Crippen molar-refractivity contribution in [3.63, 3.8) is 0 Å². The summed E-state index contributed by atoms with van der Waals surface area (Å²) in [5, 5.41) is 3.71. The number of likely N-dealkylation sites (tertiary alicyclic amines) is 1. The van der Waals surface area contributed by atoms with Gasteiger partial charge in [0.1, 0.15) is 0 Å². The molecule has 2 fully saturated rings. The Kier molecular flexibility index (Phi) is 3.81. The Bertz CT molecular complexity index is 279. The van der Waals surface area contributed by atoms with Crippen LogP contribution in [-0.2, 0) is 0 Å². The van der Waals surface area contributed by atoms with Crippen molar-refractivity contribution in [3.8, 4) is 0 Å². The van der Waals surface area contributed by atoms with E-state index in [0.717, 1.165) is 5.92 Å². The summed E-state index contributed by atoms with van der Waals surface area (Å²) in [6, 6.07) is 1.33. The van der Waals surface area contributed by atoms with Crippen LogP contribution in [0.5, 0.6) is 0 Å². The van der Waals surface area contributed by atoms with Gasteiger partial charge in [0.05, 0.1) is 0 Å². The largest absolute Gasteiger partial charge is 0.311 e. The molecule has 2 heteroatoms. The van der Waals surface area contributed by atoms with Crippen molar-refractivity contribution in [2.24, 2.45) is 16.7 Å². The highest BCUT2D eigenvalue weighted by atomic mass is 15.2. The zero-order valence-electron chi connectivity index (χ0n) is 13.2. The van der Waals surface area contributed by atoms with Gasteiger partial charge in [-0.3, -0.25) is 0 Å². The quantitative estimate of drug-likeness (QED) is 0.827. The summed E-state index contributed by atoms with van der Waals surface area (Å²) in [4.78, 5) is 2.70. The molecule has 0 aromatic heterocycles. The fraction of sp³-hybridized carbons (Fsp3) is 1.00. The Morgan fingerprint density at radius 2 is 1.78 bits per heavy atom. The Morgan fingerprint density at radius 3 is 2.28 bits per heavy atom. The van der Waals surface area contributed by atoms with Crippen LogP contribution in [0.2, 0.25) is 0 Å². The lowest BCUT2D eigenvalue weighted by Crippen LogP contribution is -2.48. The van der Waals surface area contributed by atoms with Crippen LogP contribution >= 0.6 is 0 Å². The van der Waals surface area contributed by atoms with Gasteiger partial charge in [-0.2, -0.15) is 0 Å². The Morgan fingerprint density at radius 1 is 1.17 bits per heavy atom. The third kappa shape index (κ3) is 2.60. The first kappa shape index (κ1) is 14.3. The fourth-order valence-electron chi connectivity index (χ4n) is 3.88. The number of hydrogen-bond donors (Lipinski definition) is 1. The lowest BCUT2D eigenvalue weighted by atomic mass is 10.0. The van der Waals surface area contributed by atoms with Crippen LogP contribution in [0.4, 0.5) is 0 Å². The third-order valence-corrected chi connectivity index (χ3v) is 5.83. The summed E-state index contributed by atoms with van der Waals surface area (Å²) in [6.07, 6.45) is 2.71. The molecule has 1 unspecified atom stereocenters. The normalized spacial score (nSPS) is 31.8. The number of piperidine rings is 1. The van der Waals surface area contributed by atoms with E-state index < -0.39 is 0 Å². The Balaban J connectivity index is 1.84. The van der Waals surface area contributed by atoms with Crippen LogP contribution in [0.1, 0.15) is 54.4 Å². The minimum absolute atomic E-state index is 0.533. The first-order chi connectivity index (χ1) is 8.25. The van der Waals surface area contributed by atoms with Crippen LogP contribution in [0, 0.1) is 16.7 Å². The average Bonchev–Trinajstić information content (AvgIpc) is 2.60. The molecule has 0 amide bonds. The molecule has 1 heterocycles. The van der Waals surface area contributed by atoms with Crippen LogP contribution < -0.4 is 5.32 Å². The number of rotatable bonds is 4. The second-order valence-corrected chi connectivity index (χ2v) is 7.92. The van der Waals surface area contributed by atoms with Crippen molar-refractivity contribution in [2.45, 2.75) is 66.5 Å². The van der Waals surface area contributed by atoms with Crippen molar-refractivity contribution in [2.75, 3.05) is 19.6 Å². The third-order valence-electron chi connectivity index (χ3n) is 5.83. The SMILES string of the molecule is CC(C)NC1CCCN(CC2C(C)(C)C2(C)C)C1. The molecule has 1 atom stereocenters. The maximum Gasteiger partial charge on any atom is 0.0197 e. The molecule has 2 nitrogen and oxygen atoms in total. The van der Waals surface area contributed by atoms with Gasteiger partial charge in [-0.1, -0.05) is 41.5 Å². The number of hydrogen-bond acceptors (Lipinski definition) is 2. The highest BCUT2D eigenvalue weighted by Crippen LogP contribution is 2.68. The van der Waals surface area contributed by atoms with Crippen molar-refractivity contribution in [1.29, 1.82) is 0 Å². The molecule has 106 valence electrons. The van der Waals surface area contributed by atoms with Gasteiger partial charge in [-0.05, 0) is 36.1 Å². The van der Waals surface area contributed by atoms with Gasteiger partial charge in [0, 0.05) is 25.2 Å². The molecule has 0 aromatic carbocycles. The lowest BCUT2D eigenvalue weighted by Gasteiger charge is -2.34. The lowest BCUT2D eigenvalue weighted by molar-refractivity contribution is 0.170. The van der Waals surface area contributed by atoms with Gasteiger partial charge in [0.2, 0.25) is 0 Å². The smallest absolute Gasteiger partial charge is 0.0197 e. The summed E-state index contributed by atoms with van der Waals surface area (Å²) in [5.74, 6) is 0.878. The van der Waals surface area contributed by atoms with Crippen LogP contribution in [0.3, 0.4) is 0 Å². The molecule has 1 N–H and O–H groups in total. The summed E-state index contributed by atoms with van der Waals surface area (Å²) < 4.78 is 0. The maximum absolute atomic E-state index is 3.71. The van der Waals surface area contributed by atoms with E-state index >= 15 is 0 Å². The standard InChI is InChI=1S/C16H32N2/c1-12(2)17-13-8-7-9-18(10-13)11-14-15(3,4)16(14,5)6/h12-14,17H,7-11H2,1-6H3. The van der Waals surface area contributed by atoms with Gasteiger partial charge in [0.15, 0.2) is 0 Å². The van der Waals surface area contributed by atoms with Crippen LogP contribution in [0.15, 0.2) is 0 Å². The second-order valence-electron chi connectivity index (χ2n) is 7.92. The first-order valence-electron chi connectivity index (χ1n) is 7.73. The molecule has 0 radical (unpaired) electrons. The van der Waals surface area contributed by atoms with E-state index in [1.54, 1.807) is 0 Å². The number of nitrogens with one attached hydrogen (secondary N) is 1. The predicted molar refractivity (Wildman–Crippen MR) is 78.8 cm³/mol. The van der Waals surface area contributed by atoms with E-state index in [9.17, 15) is 0 Å². The average molecular weight is 252 g/mol. The van der Waals surface area contributed by atoms with Crippen LogP contribution in [0.25, 0.3) is 0 Å². The molecule has 2 aliphatic rings. The molecule has 0 bridgehead atoms. The minimum atomic E-state index is 0.533. The summed E-state index contributed by atoms with van der Waals surface area (Å²) >= 11 is 0. The summed E-state index contributed by atoms with van der Waals surface area (Å²) in [5.41, 5.74) is 1.07. The first-order valence-corrected chi connectivity index (χ1v) is 7.73. The van der Waals surface area contributed by atoms with E-state index in [1.807, 2.05) is 0 Å². The fourth-order valence-corrected chi connectivity index (χ4v) is 3.88. The minimum Gasteiger partial charge on any atom is -0.311 e. The molecule has 0 spiro atoms. The Labute approximate surface area is 114 Å². The van der Waals surface area contributed by atoms with Gasteiger partial charge < -0.3 is 10.2 Å². The second kappa shape index (κ2) is 4.79. The van der Waals surface area contributed by atoms with Gasteiger partial charge >= 0.3 is 0 Å². The van der Waals surface area contributed by atoms with Gasteiger partial charge in [0.25, 0.3) is 0 Å². The van der Waals surface area contributed by atoms with Crippen LogP contribution in [-0.4, -0.2) is 36.6 Å². The topological polar surface area (TPSA) is 15.3 Å². The van der Waals surface area contributed by atoms with E-state index in [-0.39, 0.29) is 0 Å². The molecule has 1 saturated heterocycles. The highest BCUT2D eigenvalue weighted by molar-refractivity contribution is 5.13. The van der Waals surface area contributed by atoms with E-state index in [2.05, 4.69) is 51.8 Å². The molecule has 1 saturated carbocycles. The molecule has 1 aliphatic carbocycles. The summed E-state index contributed by atoms with van der Waals surface area (Å²) in [6.45, 7) is 18.1.